The summed E-state index contributed by atoms with van der Waals surface area (Å²) in [5.74, 6) is 0. The molecule has 0 aliphatic rings. The van der Waals surface area contributed by atoms with Crippen molar-refractivity contribution in [2.24, 2.45) is 0 Å². The first kappa shape index (κ1) is 25.1. The smallest absolute Gasteiger partial charge is 0.307 e. The summed E-state index contributed by atoms with van der Waals surface area (Å²) in [4.78, 5) is 0. The Morgan fingerprint density at radius 3 is 1.00 bits per heavy atom. The third kappa shape index (κ3) is 5.29. The SMILES string of the molecule is O=P(OCc1ccccc1)(OCc1ccccc1)[Si](c1ccccc1)(c1ccccc1)c1ccccc1. The van der Waals surface area contributed by atoms with Crippen molar-refractivity contribution in [3.63, 3.8) is 0 Å². The Labute approximate surface area is 219 Å². The van der Waals surface area contributed by atoms with Crippen LogP contribution in [0.15, 0.2) is 152 Å². The zero-order valence-electron chi connectivity index (χ0n) is 20.5. The molecule has 0 spiro atoms. The molecule has 0 aliphatic carbocycles. The summed E-state index contributed by atoms with van der Waals surface area (Å²) >= 11 is 0. The van der Waals surface area contributed by atoms with Crippen molar-refractivity contribution in [2.45, 2.75) is 13.2 Å². The Hall–Kier alpha value is -3.53. The molecule has 5 aromatic carbocycles. The van der Waals surface area contributed by atoms with E-state index in [1.165, 1.54) is 0 Å². The molecule has 3 nitrogen and oxygen atoms in total. The maximum Gasteiger partial charge on any atom is 0.313 e. The molecule has 0 fully saturated rings. The molecule has 0 unspecified atom stereocenters. The fourth-order valence-electron chi connectivity index (χ4n) is 4.71. The molecular formula is C32H29O3PSi. The molecule has 0 heterocycles. The monoisotopic (exact) mass is 520 g/mol. The van der Waals surface area contributed by atoms with E-state index >= 15 is 4.57 Å². The van der Waals surface area contributed by atoms with Crippen LogP contribution in [0.3, 0.4) is 0 Å². The zero-order valence-corrected chi connectivity index (χ0v) is 22.4. The van der Waals surface area contributed by atoms with E-state index in [-0.39, 0.29) is 13.2 Å². The molecule has 5 aromatic rings. The Kier molecular flexibility index (Phi) is 7.93. The molecule has 184 valence electrons. The van der Waals surface area contributed by atoms with Crippen molar-refractivity contribution in [3.05, 3.63) is 163 Å². The van der Waals surface area contributed by atoms with Crippen LogP contribution in [0, 0.1) is 0 Å². The summed E-state index contributed by atoms with van der Waals surface area (Å²) in [6.07, 6.45) is 0. The molecular weight excluding hydrogens is 491 g/mol. The van der Waals surface area contributed by atoms with Gasteiger partial charge in [0.15, 0.2) is 0 Å². The van der Waals surface area contributed by atoms with Gasteiger partial charge in [0.05, 0.1) is 13.2 Å². The average Bonchev–Trinajstić information content (AvgIpc) is 2.98. The standard InChI is InChI=1S/C32H29O3PSi/c33-36(34-26-28-16-6-1-7-17-28,35-27-29-18-8-2-9-19-29)37(30-20-10-3-11-21-30,31-22-12-4-13-23-31)32-24-14-5-15-25-32/h1-25H,26-27H2. The normalized spacial score (nSPS) is 11.8. The molecule has 0 aromatic heterocycles. The molecule has 5 rings (SSSR count). The van der Waals surface area contributed by atoms with Crippen LogP contribution in [0.2, 0.25) is 0 Å². The summed E-state index contributed by atoms with van der Waals surface area (Å²) in [5, 5.41) is 2.95. The van der Waals surface area contributed by atoms with Crippen LogP contribution in [-0.2, 0) is 26.8 Å². The van der Waals surface area contributed by atoms with Gasteiger partial charge >= 0.3 is 7.14 Å². The lowest BCUT2D eigenvalue weighted by Crippen LogP contribution is -2.67. The predicted molar refractivity (Wildman–Crippen MR) is 154 cm³/mol. The summed E-state index contributed by atoms with van der Waals surface area (Å²) in [6, 6.07) is 50.1. The minimum Gasteiger partial charge on any atom is -0.307 e. The lowest BCUT2D eigenvalue weighted by Gasteiger charge is -2.38. The quantitative estimate of drug-likeness (QED) is 0.124. The first-order chi connectivity index (χ1) is 18.2. The van der Waals surface area contributed by atoms with Crippen molar-refractivity contribution in [1.82, 2.24) is 0 Å². The van der Waals surface area contributed by atoms with E-state index in [1.54, 1.807) is 0 Å². The molecule has 0 radical (unpaired) electrons. The minimum absolute atomic E-state index is 0.189. The van der Waals surface area contributed by atoms with Crippen LogP contribution in [0.25, 0.3) is 0 Å². The Morgan fingerprint density at radius 1 is 0.432 bits per heavy atom. The fourth-order valence-corrected chi connectivity index (χ4v) is 15.5. The van der Waals surface area contributed by atoms with Gasteiger partial charge in [0, 0.05) is 0 Å². The highest BCUT2D eigenvalue weighted by Crippen LogP contribution is 2.57. The van der Waals surface area contributed by atoms with Crippen LogP contribution in [-0.4, -0.2) is 7.74 Å². The van der Waals surface area contributed by atoms with E-state index in [2.05, 4.69) is 36.4 Å². The number of benzene rings is 5. The second-order valence-corrected chi connectivity index (χ2v) is 17.1. The second kappa shape index (κ2) is 11.7. The Morgan fingerprint density at radius 2 is 0.703 bits per heavy atom. The summed E-state index contributed by atoms with van der Waals surface area (Å²) in [6.45, 7) is 0.377. The number of rotatable bonds is 10. The van der Waals surface area contributed by atoms with Crippen LogP contribution in [0.1, 0.15) is 11.1 Å². The Bertz CT molecular complexity index is 1290. The molecule has 37 heavy (non-hydrogen) atoms. The topological polar surface area (TPSA) is 35.5 Å². The van der Waals surface area contributed by atoms with Crippen LogP contribution < -0.4 is 15.6 Å². The highest BCUT2D eigenvalue weighted by molar-refractivity contribution is 7.99. The lowest BCUT2D eigenvalue weighted by molar-refractivity contribution is 0.204. The number of hydrogen-bond donors (Lipinski definition) is 0. The maximum atomic E-state index is 15.6. The highest BCUT2D eigenvalue weighted by atomic mass is 31.4. The molecule has 0 saturated heterocycles. The van der Waals surface area contributed by atoms with E-state index < -0.39 is 14.9 Å². The molecule has 0 amide bonds. The average molecular weight is 521 g/mol. The van der Waals surface area contributed by atoms with Gasteiger partial charge in [-0.05, 0) is 26.7 Å². The van der Waals surface area contributed by atoms with E-state index in [9.17, 15) is 0 Å². The van der Waals surface area contributed by atoms with Gasteiger partial charge in [-0.15, -0.1) is 0 Å². The third-order valence-corrected chi connectivity index (χ3v) is 17.3. The van der Waals surface area contributed by atoms with E-state index in [4.69, 9.17) is 9.05 Å². The second-order valence-electron chi connectivity index (χ2n) is 8.82. The van der Waals surface area contributed by atoms with Gasteiger partial charge in [0.2, 0.25) is 0 Å². The van der Waals surface area contributed by atoms with Crippen LogP contribution >= 0.6 is 7.14 Å². The fraction of sp³-hybridized carbons (Fsp3) is 0.0625. The molecule has 0 N–H and O–H groups in total. The maximum absolute atomic E-state index is 15.6. The zero-order chi connectivity index (χ0) is 25.4. The number of hydrogen-bond acceptors (Lipinski definition) is 3. The third-order valence-electron chi connectivity index (χ3n) is 6.47. The summed E-state index contributed by atoms with van der Waals surface area (Å²) in [7, 11) is -7.19. The van der Waals surface area contributed by atoms with Crippen molar-refractivity contribution >= 4 is 30.4 Å². The van der Waals surface area contributed by atoms with Gasteiger partial charge in [-0.25, -0.2) is 0 Å². The van der Waals surface area contributed by atoms with Crippen LogP contribution in [0.5, 0.6) is 0 Å². The summed E-state index contributed by atoms with van der Waals surface area (Å²) in [5.41, 5.74) is 1.89. The van der Waals surface area contributed by atoms with Crippen molar-refractivity contribution in [2.75, 3.05) is 0 Å². The van der Waals surface area contributed by atoms with Gasteiger partial charge in [-0.3, -0.25) is 4.57 Å². The van der Waals surface area contributed by atoms with Crippen molar-refractivity contribution < 1.29 is 13.6 Å². The Balaban J connectivity index is 1.74. The molecule has 0 saturated carbocycles. The van der Waals surface area contributed by atoms with Crippen molar-refractivity contribution in [3.8, 4) is 0 Å². The van der Waals surface area contributed by atoms with Gasteiger partial charge in [-0.2, -0.15) is 0 Å². The molecule has 0 bridgehead atoms. The highest BCUT2D eigenvalue weighted by Gasteiger charge is 2.58. The molecule has 5 heteroatoms. The molecule has 0 aliphatic heterocycles. The summed E-state index contributed by atoms with van der Waals surface area (Å²) < 4.78 is 28.7. The van der Waals surface area contributed by atoms with Crippen molar-refractivity contribution in [1.29, 1.82) is 0 Å². The minimum atomic E-state index is -3.82. The van der Waals surface area contributed by atoms with Crippen LogP contribution in [0.4, 0.5) is 0 Å². The van der Waals surface area contributed by atoms with Gasteiger partial charge in [-0.1, -0.05) is 152 Å². The largest absolute Gasteiger partial charge is 0.313 e. The van der Waals surface area contributed by atoms with Gasteiger partial charge < -0.3 is 9.05 Å². The van der Waals surface area contributed by atoms with Gasteiger partial charge in [0.1, 0.15) is 0 Å². The molecule has 0 atom stereocenters. The predicted octanol–water partition coefficient (Wildman–Crippen LogP) is 6.28. The van der Waals surface area contributed by atoms with E-state index in [0.29, 0.717) is 0 Å². The van der Waals surface area contributed by atoms with Gasteiger partial charge in [0.25, 0.3) is 7.74 Å². The van der Waals surface area contributed by atoms with E-state index in [1.807, 2.05) is 115 Å². The first-order valence-electron chi connectivity index (χ1n) is 12.4. The van der Waals surface area contributed by atoms with E-state index in [0.717, 1.165) is 26.7 Å². The first-order valence-corrected chi connectivity index (χ1v) is 16.7. The lowest BCUT2D eigenvalue weighted by atomic mass is 10.2.